The minimum absolute atomic E-state index is 0. The third-order valence-electron chi connectivity index (χ3n) is 3.00. The van der Waals surface area contributed by atoms with Crippen LogP contribution in [0.4, 0.5) is 5.69 Å². The molecule has 0 saturated carbocycles. The second-order valence-corrected chi connectivity index (χ2v) is 4.05. The molecule has 2 N–H and O–H groups in total. The Balaban J connectivity index is 0.00000128. The van der Waals surface area contributed by atoms with E-state index in [0.29, 0.717) is 0 Å². The van der Waals surface area contributed by atoms with Crippen LogP contribution in [-0.2, 0) is 0 Å². The first-order chi connectivity index (χ1) is 7.31. The highest BCUT2D eigenvalue weighted by atomic mass is 35.5. The molecule has 1 aliphatic rings. The van der Waals surface area contributed by atoms with Crippen molar-refractivity contribution in [2.24, 2.45) is 5.73 Å². The van der Waals surface area contributed by atoms with E-state index in [2.05, 4.69) is 35.7 Å². The van der Waals surface area contributed by atoms with Crippen molar-refractivity contribution in [3.63, 3.8) is 0 Å². The lowest BCUT2D eigenvalue weighted by Gasteiger charge is -2.18. The lowest BCUT2D eigenvalue weighted by molar-refractivity contribution is 0.910. The molecule has 16 heavy (non-hydrogen) atoms. The average molecular weight is 239 g/mol. The molecule has 1 aromatic carbocycles. The molecule has 1 heterocycles. The lowest BCUT2D eigenvalue weighted by atomic mass is 10.1. The zero-order chi connectivity index (χ0) is 10.7. The summed E-state index contributed by atoms with van der Waals surface area (Å²) in [6.07, 6.45) is 4.40. The van der Waals surface area contributed by atoms with E-state index in [1.807, 2.05) is 0 Å². The zero-order valence-corrected chi connectivity index (χ0v) is 10.2. The minimum atomic E-state index is -0.0439. The normalized spacial score (nSPS) is 16.7. The molecule has 0 aliphatic carbocycles. The van der Waals surface area contributed by atoms with Crippen LogP contribution >= 0.6 is 12.4 Å². The molecule has 1 aliphatic heterocycles. The van der Waals surface area contributed by atoms with E-state index < -0.39 is 0 Å². The van der Waals surface area contributed by atoms with E-state index in [4.69, 9.17) is 5.73 Å². The summed E-state index contributed by atoms with van der Waals surface area (Å²) in [5.74, 6) is 0. The van der Waals surface area contributed by atoms with Crippen LogP contribution < -0.4 is 10.6 Å². The predicted molar refractivity (Wildman–Crippen MR) is 72.3 cm³/mol. The van der Waals surface area contributed by atoms with Gasteiger partial charge in [0.05, 0.1) is 0 Å². The fourth-order valence-corrected chi connectivity index (χ4v) is 2.02. The van der Waals surface area contributed by atoms with Gasteiger partial charge >= 0.3 is 0 Å². The number of benzene rings is 1. The van der Waals surface area contributed by atoms with Crippen LogP contribution in [0, 0.1) is 0 Å². The summed E-state index contributed by atoms with van der Waals surface area (Å²) in [6.45, 7) is 6.08. The Bertz CT molecular complexity index is 328. The van der Waals surface area contributed by atoms with Gasteiger partial charge in [-0.25, -0.2) is 0 Å². The monoisotopic (exact) mass is 238 g/mol. The van der Waals surface area contributed by atoms with Gasteiger partial charge in [-0.2, -0.15) is 0 Å². The minimum Gasteiger partial charge on any atom is -0.372 e. The van der Waals surface area contributed by atoms with Gasteiger partial charge in [-0.05, 0) is 30.5 Å². The Morgan fingerprint density at radius 1 is 1.19 bits per heavy atom. The number of nitrogens with two attached hydrogens (primary N) is 1. The molecule has 1 atom stereocenters. The van der Waals surface area contributed by atoms with Crippen molar-refractivity contribution in [2.45, 2.75) is 18.9 Å². The molecular formula is C13H19ClN2. The van der Waals surface area contributed by atoms with Gasteiger partial charge in [0, 0.05) is 24.8 Å². The Hall–Kier alpha value is -0.990. The highest BCUT2D eigenvalue weighted by Crippen LogP contribution is 2.22. The van der Waals surface area contributed by atoms with Gasteiger partial charge in [-0.15, -0.1) is 19.0 Å². The first-order valence-electron chi connectivity index (χ1n) is 5.54. The van der Waals surface area contributed by atoms with Gasteiger partial charge in [0.25, 0.3) is 0 Å². The summed E-state index contributed by atoms with van der Waals surface area (Å²) >= 11 is 0. The predicted octanol–water partition coefficient (Wildman–Crippen LogP) is 2.89. The van der Waals surface area contributed by atoms with Gasteiger partial charge < -0.3 is 10.6 Å². The molecule has 0 amide bonds. The molecular weight excluding hydrogens is 220 g/mol. The number of nitrogens with zero attached hydrogens (tertiary/aromatic N) is 1. The van der Waals surface area contributed by atoms with E-state index in [0.717, 1.165) is 5.56 Å². The van der Waals surface area contributed by atoms with Crippen LogP contribution in [0.1, 0.15) is 24.4 Å². The van der Waals surface area contributed by atoms with Crippen molar-refractivity contribution in [1.82, 2.24) is 0 Å². The van der Waals surface area contributed by atoms with E-state index in [9.17, 15) is 0 Å². The molecule has 88 valence electrons. The largest absolute Gasteiger partial charge is 0.372 e. The standard InChI is InChI=1S/C13H18N2.ClH/c1-2-13(14)11-5-7-12(8-6-11)15-9-3-4-10-15;/h2,5-8,13H,1,3-4,9-10,14H2;1H/t13-;/m0./s1. The number of halogens is 1. The van der Waals surface area contributed by atoms with Crippen molar-refractivity contribution < 1.29 is 0 Å². The molecule has 0 bridgehead atoms. The summed E-state index contributed by atoms with van der Waals surface area (Å²) in [5, 5.41) is 0. The van der Waals surface area contributed by atoms with Crippen molar-refractivity contribution in [3.8, 4) is 0 Å². The van der Waals surface area contributed by atoms with E-state index in [1.165, 1.54) is 31.6 Å². The summed E-state index contributed by atoms with van der Waals surface area (Å²) < 4.78 is 0. The quantitative estimate of drug-likeness (QED) is 0.821. The summed E-state index contributed by atoms with van der Waals surface area (Å²) in [6, 6.07) is 8.46. The number of rotatable bonds is 3. The molecule has 2 nitrogen and oxygen atoms in total. The van der Waals surface area contributed by atoms with Crippen LogP contribution in [0.15, 0.2) is 36.9 Å². The van der Waals surface area contributed by atoms with Crippen molar-refractivity contribution in [1.29, 1.82) is 0 Å². The SMILES string of the molecule is C=C[C@H](N)c1ccc(N2CCCC2)cc1.Cl. The van der Waals surface area contributed by atoms with Crippen LogP contribution in [0.2, 0.25) is 0 Å². The van der Waals surface area contributed by atoms with E-state index in [-0.39, 0.29) is 18.4 Å². The van der Waals surface area contributed by atoms with Gasteiger partial charge in [-0.1, -0.05) is 18.2 Å². The van der Waals surface area contributed by atoms with E-state index in [1.54, 1.807) is 6.08 Å². The van der Waals surface area contributed by atoms with Crippen molar-refractivity contribution in [2.75, 3.05) is 18.0 Å². The smallest absolute Gasteiger partial charge is 0.0478 e. The van der Waals surface area contributed by atoms with Crippen LogP contribution in [0.25, 0.3) is 0 Å². The van der Waals surface area contributed by atoms with E-state index >= 15 is 0 Å². The first kappa shape index (κ1) is 13.1. The molecule has 0 aromatic heterocycles. The Kier molecular flexibility index (Phi) is 4.84. The summed E-state index contributed by atoms with van der Waals surface area (Å²) in [5.41, 5.74) is 8.31. The van der Waals surface area contributed by atoms with Gasteiger partial charge in [-0.3, -0.25) is 0 Å². The van der Waals surface area contributed by atoms with Crippen molar-refractivity contribution in [3.05, 3.63) is 42.5 Å². The second kappa shape index (κ2) is 5.92. The molecule has 1 aromatic rings. The lowest BCUT2D eigenvalue weighted by Crippen LogP contribution is -2.17. The first-order valence-corrected chi connectivity index (χ1v) is 5.54. The van der Waals surface area contributed by atoms with Gasteiger partial charge in [0.1, 0.15) is 0 Å². The molecule has 1 saturated heterocycles. The molecule has 1 fully saturated rings. The maximum Gasteiger partial charge on any atom is 0.0478 e. The average Bonchev–Trinajstić information content (AvgIpc) is 2.82. The maximum atomic E-state index is 5.87. The number of hydrogen-bond acceptors (Lipinski definition) is 2. The van der Waals surface area contributed by atoms with Gasteiger partial charge in [0.2, 0.25) is 0 Å². The van der Waals surface area contributed by atoms with Crippen LogP contribution in [0.3, 0.4) is 0 Å². The number of anilines is 1. The molecule has 0 unspecified atom stereocenters. The maximum absolute atomic E-state index is 5.87. The van der Waals surface area contributed by atoms with Gasteiger partial charge in [0.15, 0.2) is 0 Å². The highest BCUT2D eigenvalue weighted by Gasteiger charge is 2.12. The molecule has 3 heteroatoms. The molecule has 0 radical (unpaired) electrons. The number of hydrogen-bond donors (Lipinski definition) is 1. The Morgan fingerprint density at radius 2 is 1.75 bits per heavy atom. The Labute approximate surface area is 104 Å². The third kappa shape index (κ3) is 2.77. The Morgan fingerprint density at radius 3 is 2.25 bits per heavy atom. The van der Waals surface area contributed by atoms with Crippen LogP contribution in [0.5, 0.6) is 0 Å². The zero-order valence-electron chi connectivity index (χ0n) is 9.43. The molecule has 0 spiro atoms. The molecule has 2 rings (SSSR count). The van der Waals surface area contributed by atoms with Crippen molar-refractivity contribution >= 4 is 18.1 Å². The second-order valence-electron chi connectivity index (χ2n) is 4.05. The summed E-state index contributed by atoms with van der Waals surface area (Å²) in [4.78, 5) is 2.42. The van der Waals surface area contributed by atoms with Crippen LogP contribution in [-0.4, -0.2) is 13.1 Å². The third-order valence-corrected chi connectivity index (χ3v) is 3.00. The summed E-state index contributed by atoms with van der Waals surface area (Å²) in [7, 11) is 0. The fraction of sp³-hybridized carbons (Fsp3) is 0.385. The topological polar surface area (TPSA) is 29.3 Å². The fourth-order valence-electron chi connectivity index (χ4n) is 2.02. The highest BCUT2D eigenvalue weighted by molar-refractivity contribution is 5.85.